The van der Waals surface area contributed by atoms with Gasteiger partial charge < -0.3 is 10.4 Å². The van der Waals surface area contributed by atoms with E-state index in [0.29, 0.717) is 6.42 Å². The molecule has 0 saturated carbocycles. The van der Waals surface area contributed by atoms with Gasteiger partial charge in [-0.15, -0.1) is 11.3 Å². The van der Waals surface area contributed by atoms with Gasteiger partial charge in [-0.3, -0.25) is 9.59 Å². The number of carbonyl (C=O) groups excluding carboxylic acids is 1. The van der Waals surface area contributed by atoms with Crippen LogP contribution in [0.3, 0.4) is 0 Å². The molecule has 140 valence electrons. The molecule has 2 rings (SSSR count). The monoisotopic (exact) mass is 396 g/mol. The number of benzene rings is 1. The number of sulfonamides is 1. The molecule has 26 heavy (non-hydrogen) atoms. The second-order valence-corrected chi connectivity index (χ2v) is 8.50. The topological polar surface area (TPSA) is 113 Å². The van der Waals surface area contributed by atoms with Crippen molar-refractivity contribution >= 4 is 33.2 Å². The van der Waals surface area contributed by atoms with Crippen molar-refractivity contribution in [3.63, 3.8) is 0 Å². The van der Waals surface area contributed by atoms with Crippen molar-refractivity contribution in [2.75, 3.05) is 13.1 Å². The summed E-state index contributed by atoms with van der Waals surface area (Å²) in [6.07, 6.45) is 0.610. The summed E-state index contributed by atoms with van der Waals surface area (Å²) in [4.78, 5) is 23.9. The normalized spacial score (nSPS) is 12.5. The molecule has 0 aliphatic carbocycles. The molecule has 1 amide bonds. The predicted octanol–water partition coefficient (Wildman–Crippen LogP) is 1.72. The third-order valence-electron chi connectivity index (χ3n) is 3.66. The molecule has 1 atom stereocenters. The minimum absolute atomic E-state index is 0.00150. The van der Waals surface area contributed by atoms with Crippen LogP contribution in [0.25, 0.3) is 0 Å². The number of amides is 1. The van der Waals surface area contributed by atoms with Crippen LogP contribution in [0.2, 0.25) is 0 Å². The van der Waals surface area contributed by atoms with E-state index in [1.807, 2.05) is 17.5 Å². The van der Waals surface area contributed by atoms with E-state index in [-0.39, 0.29) is 23.5 Å². The maximum Gasteiger partial charge on any atom is 0.308 e. The Kier molecular flexibility index (Phi) is 6.90. The van der Waals surface area contributed by atoms with E-state index in [2.05, 4.69) is 10.0 Å². The lowest BCUT2D eigenvalue weighted by Gasteiger charge is -2.09. The van der Waals surface area contributed by atoms with Gasteiger partial charge in [0, 0.05) is 23.5 Å². The molecule has 0 aliphatic rings. The van der Waals surface area contributed by atoms with Gasteiger partial charge in [0.1, 0.15) is 0 Å². The molecule has 2 aromatic rings. The van der Waals surface area contributed by atoms with Gasteiger partial charge in [-0.05, 0) is 42.1 Å². The van der Waals surface area contributed by atoms with Crippen LogP contribution in [-0.4, -0.2) is 38.5 Å². The molecular weight excluding hydrogens is 376 g/mol. The lowest BCUT2D eigenvalue weighted by molar-refractivity contribution is -0.140. The van der Waals surface area contributed by atoms with Gasteiger partial charge in [0.15, 0.2) is 0 Å². The highest BCUT2D eigenvalue weighted by molar-refractivity contribution is 7.89. The fourth-order valence-corrected chi connectivity index (χ4v) is 3.81. The number of hydrogen-bond acceptors (Lipinski definition) is 5. The average Bonchev–Trinajstić information content (AvgIpc) is 3.12. The first-order valence-electron chi connectivity index (χ1n) is 7.92. The van der Waals surface area contributed by atoms with Crippen LogP contribution in [-0.2, 0) is 21.2 Å². The zero-order valence-electron chi connectivity index (χ0n) is 14.1. The van der Waals surface area contributed by atoms with E-state index in [4.69, 9.17) is 5.11 Å². The number of carbonyl (C=O) groups is 2. The number of nitrogens with one attached hydrogen (secondary N) is 2. The van der Waals surface area contributed by atoms with Crippen LogP contribution >= 0.6 is 11.3 Å². The summed E-state index contributed by atoms with van der Waals surface area (Å²) in [6.45, 7) is 1.77. The molecule has 0 bridgehead atoms. The molecule has 0 spiro atoms. The van der Waals surface area contributed by atoms with Crippen molar-refractivity contribution in [3.05, 3.63) is 52.2 Å². The predicted molar refractivity (Wildman–Crippen MR) is 98.8 cm³/mol. The number of aliphatic carboxylic acids is 1. The maximum absolute atomic E-state index is 12.3. The van der Waals surface area contributed by atoms with E-state index < -0.39 is 27.8 Å². The summed E-state index contributed by atoms with van der Waals surface area (Å²) >= 11 is 1.57. The Hall–Kier alpha value is -2.23. The van der Waals surface area contributed by atoms with Crippen molar-refractivity contribution in [2.45, 2.75) is 18.2 Å². The quantitative estimate of drug-likeness (QED) is 0.597. The zero-order chi connectivity index (χ0) is 19.2. The molecule has 3 N–H and O–H groups in total. The SMILES string of the molecule is CC(CNC(=O)c1ccc(S(=O)(=O)NCCc2cccs2)cc1)C(=O)O. The van der Waals surface area contributed by atoms with Gasteiger partial charge in [-0.1, -0.05) is 13.0 Å². The molecule has 0 fully saturated rings. The minimum Gasteiger partial charge on any atom is -0.481 e. The lowest BCUT2D eigenvalue weighted by Crippen LogP contribution is -2.31. The first-order valence-corrected chi connectivity index (χ1v) is 10.3. The van der Waals surface area contributed by atoms with Crippen LogP contribution in [0, 0.1) is 5.92 Å². The van der Waals surface area contributed by atoms with Gasteiger partial charge in [0.25, 0.3) is 5.91 Å². The van der Waals surface area contributed by atoms with Crippen LogP contribution in [0.4, 0.5) is 0 Å². The number of carboxylic acids is 1. The number of rotatable bonds is 9. The van der Waals surface area contributed by atoms with Crippen molar-refractivity contribution in [1.82, 2.24) is 10.0 Å². The van der Waals surface area contributed by atoms with Gasteiger partial charge >= 0.3 is 5.97 Å². The molecule has 1 aromatic carbocycles. The Balaban J connectivity index is 1.92. The molecule has 1 unspecified atom stereocenters. The third kappa shape index (κ3) is 5.65. The molecule has 0 saturated heterocycles. The Morgan fingerprint density at radius 1 is 1.19 bits per heavy atom. The number of hydrogen-bond donors (Lipinski definition) is 3. The molecule has 9 heteroatoms. The van der Waals surface area contributed by atoms with Gasteiger partial charge in [0.05, 0.1) is 10.8 Å². The highest BCUT2D eigenvalue weighted by Crippen LogP contribution is 2.12. The van der Waals surface area contributed by atoms with Crippen molar-refractivity contribution < 1.29 is 23.1 Å². The largest absolute Gasteiger partial charge is 0.481 e. The molecule has 1 heterocycles. The van der Waals surface area contributed by atoms with Crippen LogP contribution in [0.1, 0.15) is 22.2 Å². The van der Waals surface area contributed by atoms with Crippen LogP contribution in [0.15, 0.2) is 46.7 Å². The van der Waals surface area contributed by atoms with Gasteiger partial charge in [-0.2, -0.15) is 0 Å². The van der Waals surface area contributed by atoms with E-state index in [0.717, 1.165) is 4.88 Å². The first-order chi connectivity index (χ1) is 12.3. The molecule has 1 aromatic heterocycles. The van der Waals surface area contributed by atoms with Crippen molar-refractivity contribution in [3.8, 4) is 0 Å². The highest BCUT2D eigenvalue weighted by atomic mass is 32.2. The summed E-state index contributed by atoms with van der Waals surface area (Å²) in [7, 11) is -3.65. The first kappa shape index (κ1) is 20.1. The van der Waals surface area contributed by atoms with Crippen LogP contribution in [0.5, 0.6) is 0 Å². The summed E-state index contributed by atoms with van der Waals surface area (Å²) in [5.74, 6) is -2.15. The average molecular weight is 396 g/mol. The third-order valence-corrected chi connectivity index (χ3v) is 6.07. The summed E-state index contributed by atoms with van der Waals surface area (Å²) in [5, 5.41) is 13.2. The summed E-state index contributed by atoms with van der Waals surface area (Å²) in [6, 6.07) is 9.35. The molecule has 0 aliphatic heterocycles. The van der Waals surface area contributed by atoms with E-state index in [1.54, 1.807) is 11.3 Å². The van der Waals surface area contributed by atoms with E-state index >= 15 is 0 Å². The Morgan fingerprint density at radius 3 is 2.46 bits per heavy atom. The number of thiophene rings is 1. The fourth-order valence-electron chi connectivity index (χ4n) is 2.07. The number of carboxylic acid groups (broad SMARTS) is 1. The minimum atomic E-state index is -3.65. The van der Waals surface area contributed by atoms with Crippen molar-refractivity contribution in [2.24, 2.45) is 5.92 Å². The smallest absolute Gasteiger partial charge is 0.308 e. The second kappa shape index (κ2) is 8.93. The zero-order valence-corrected chi connectivity index (χ0v) is 15.8. The Labute approximate surface area is 156 Å². The summed E-state index contributed by atoms with van der Waals surface area (Å²) in [5.41, 5.74) is 0.264. The van der Waals surface area contributed by atoms with Gasteiger partial charge in [0.2, 0.25) is 10.0 Å². The van der Waals surface area contributed by atoms with E-state index in [9.17, 15) is 18.0 Å². The Morgan fingerprint density at radius 2 is 1.88 bits per heavy atom. The standard InChI is InChI=1S/C17H20N2O5S2/c1-12(17(21)22)11-18-16(20)13-4-6-15(7-5-13)26(23,24)19-9-8-14-3-2-10-25-14/h2-7,10,12,19H,8-9,11H2,1H3,(H,18,20)(H,21,22). The Bertz CT molecular complexity index is 846. The summed E-state index contributed by atoms with van der Waals surface area (Å²) < 4.78 is 27.0. The molecule has 7 nitrogen and oxygen atoms in total. The van der Waals surface area contributed by atoms with E-state index in [1.165, 1.54) is 31.2 Å². The fraction of sp³-hybridized carbons (Fsp3) is 0.294. The molecular formula is C17H20N2O5S2. The second-order valence-electron chi connectivity index (χ2n) is 5.70. The van der Waals surface area contributed by atoms with Crippen LogP contribution < -0.4 is 10.0 Å². The molecule has 0 radical (unpaired) electrons. The maximum atomic E-state index is 12.3. The van der Waals surface area contributed by atoms with Crippen molar-refractivity contribution in [1.29, 1.82) is 0 Å². The lowest BCUT2D eigenvalue weighted by atomic mass is 10.1. The van der Waals surface area contributed by atoms with Gasteiger partial charge in [-0.25, -0.2) is 13.1 Å². The highest BCUT2D eigenvalue weighted by Gasteiger charge is 2.16.